The van der Waals surface area contributed by atoms with E-state index in [1.807, 2.05) is 0 Å². The van der Waals surface area contributed by atoms with Crippen molar-refractivity contribution in [1.82, 2.24) is 10.2 Å². The van der Waals surface area contributed by atoms with Gasteiger partial charge in [0.25, 0.3) is 0 Å². The lowest BCUT2D eigenvalue weighted by atomic mass is 9.97. The summed E-state index contributed by atoms with van der Waals surface area (Å²) in [6, 6.07) is -0.713. The van der Waals surface area contributed by atoms with Crippen LogP contribution in [0.2, 0.25) is 0 Å². The third kappa shape index (κ3) is 4.09. The van der Waals surface area contributed by atoms with Gasteiger partial charge in [0.05, 0.1) is 6.61 Å². The van der Waals surface area contributed by atoms with Crippen molar-refractivity contribution >= 4 is 11.8 Å². The molecule has 0 spiro atoms. The summed E-state index contributed by atoms with van der Waals surface area (Å²) in [4.78, 5) is 24.9. The molecule has 0 aromatic rings. The lowest BCUT2D eigenvalue weighted by Crippen LogP contribution is -2.67. The van der Waals surface area contributed by atoms with E-state index in [9.17, 15) is 22.8 Å². The Labute approximate surface area is 109 Å². The summed E-state index contributed by atoms with van der Waals surface area (Å²) in [6.07, 6.45) is -4.39. The number of nitrogens with one attached hydrogen (secondary N) is 1. The van der Waals surface area contributed by atoms with Gasteiger partial charge in [-0.25, -0.2) is 0 Å². The molecule has 5 nitrogen and oxygen atoms in total. The molecule has 1 atom stereocenters. The molecular formula is C11H17F3N2O3. The number of alkyl halides is 3. The van der Waals surface area contributed by atoms with Gasteiger partial charge in [0.1, 0.15) is 18.2 Å². The number of nitrogens with zero attached hydrogens (tertiary/aromatic N) is 1. The minimum atomic E-state index is -4.39. The topological polar surface area (TPSA) is 58.6 Å². The molecule has 19 heavy (non-hydrogen) atoms. The number of rotatable bonds is 4. The minimum absolute atomic E-state index is 0.0487. The maximum atomic E-state index is 12.0. The molecule has 0 aromatic heterocycles. The number of hydrogen-bond acceptors (Lipinski definition) is 3. The summed E-state index contributed by atoms with van der Waals surface area (Å²) >= 11 is 0. The van der Waals surface area contributed by atoms with Crippen LogP contribution in [0.1, 0.15) is 20.8 Å². The van der Waals surface area contributed by atoms with Crippen LogP contribution in [0.4, 0.5) is 13.2 Å². The zero-order valence-corrected chi connectivity index (χ0v) is 11.0. The molecule has 1 rings (SSSR count). The van der Waals surface area contributed by atoms with Crippen molar-refractivity contribution in [1.29, 1.82) is 0 Å². The highest BCUT2D eigenvalue weighted by atomic mass is 19.4. The van der Waals surface area contributed by atoms with E-state index in [0.717, 1.165) is 0 Å². The Balaban J connectivity index is 2.55. The first-order valence-electron chi connectivity index (χ1n) is 5.82. The molecule has 1 aliphatic heterocycles. The van der Waals surface area contributed by atoms with Gasteiger partial charge in [-0.3, -0.25) is 9.59 Å². The van der Waals surface area contributed by atoms with Gasteiger partial charge in [0, 0.05) is 6.54 Å². The molecule has 0 radical (unpaired) electrons. The van der Waals surface area contributed by atoms with Gasteiger partial charge >= 0.3 is 6.18 Å². The van der Waals surface area contributed by atoms with Crippen molar-refractivity contribution in [2.24, 2.45) is 0 Å². The molecule has 110 valence electrons. The van der Waals surface area contributed by atoms with Gasteiger partial charge in [-0.15, -0.1) is 0 Å². The molecule has 1 saturated heterocycles. The van der Waals surface area contributed by atoms with Crippen molar-refractivity contribution in [3.63, 3.8) is 0 Å². The van der Waals surface area contributed by atoms with Gasteiger partial charge in [-0.2, -0.15) is 13.2 Å². The van der Waals surface area contributed by atoms with Crippen LogP contribution in [0.15, 0.2) is 0 Å². The summed E-state index contributed by atoms with van der Waals surface area (Å²) in [5.41, 5.74) is -1.05. The number of carbonyl (C=O) groups excluding carboxylic acids is 2. The fourth-order valence-corrected chi connectivity index (χ4v) is 1.79. The predicted molar refractivity (Wildman–Crippen MR) is 60.3 cm³/mol. The lowest BCUT2D eigenvalue weighted by Gasteiger charge is -2.41. The number of carbonyl (C=O) groups is 2. The first kappa shape index (κ1) is 15.7. The summed E-state index contributed by atoms with van der Waals surface area (Å²) in [5.74, 6) is -0.671. The normalized spacial score (nSPS) is 23.5. The van der Waals surface area contributed by atoms with E-state index in [0.29, 0.717) is 0 Å². The van der Waals surface area contributed by atoms with E-state index < -0.39 is 24.4 Å². The summed E-state index contributed by atoms with van der Waals surface area (Å²) < 4.78 is 40.1. The largest absolute Gasteiger partial charge is 0.411 e. The van der Waals surface area contributed by atoms with E-state index in [-0.39, 0.29) is 25.0 Å². The van der Waals surface area contributed by atoms with Gasteiger partial charge in [0.15, 0.2) is 0 Å². The monoisotopic (exact) mass is 282 g/mol. The Morgan fingerprint density at radius 1 is 1.37 bits per heavy atom. The van der Waals surface area contributed by atoms with Crippen molar-refractivity contribution < 1.29 is 27.5 Å². The van der Waals surface area contributed by atoms with Gasteiger partial charge in [0.2, 0.25) is 11.8 Å². The van der Waals surface area contributed by atoms with E-state index in [4.69, 9.17) is 0 Å². The molecule has 0 bridgehead atoms. The summed E-state index contributed by atoms with van der Waals surface area (Å²) in [6.45, 7) is 2.93. The molecule has 1 N–H and O–H groups in total. The van der Waals surface area contributed by atoms with Crippen LogP contribution < -0.4 is 5.32 Å². The zero-order chi connectivity index (χ0) is 14.8. The maximum absolute atomic E-state index is 12.0. The van der Waals surface area contributed by atoms with Gasteiger partial charge < -0.3 is 15.0 Å². The van der Waals surface area contributed by atoms with E-state index in [1.165, 1.54) is 11.8 Å². The van der Waals surface area contributed by atoms with Crippen molar-refractivity contribution in [2.45, 2.75) is 38.5 Å². The molecule has 1 heterocycles. The first-order valence-corrected chi connectivity index (χ1v) is 5.82. The Morgan fingerprint density at radius 2 is 1.95 bits per heavy atom. The zero-order valence-electron chi connectivity index (χ0n) is 11.0. The quantitative estimate of drug-likeness (QED) is 0.772. The second kappa shape index (κ2) is 5.36. The molecule has 2 amide bonds. The van der Waals surface area contributed by atoms with Crippen LogP contribution in [-0.2, 0) is 14.3 Å². The van der Waals surface area contributed by atoms with Crippen LogP contribution in [0.3, 0.4) is 0 Å². The van der Waals surface area contributed by atoms with Gasteiger partial charge in [-0.1, -0.05) is 0 Å². The number of ether oxygens (including phenoxy) is 1. The smallest absolute Gasteiger partial charge is 0.370 e. The number of piperazine rings is 1. The highest BCUT2D eigenvalue weighted by Gasteiger charge is 2.43. The predicted octanol–water partition coefficient (Wildman–Crippen LogP) is 0.691. The Morgan fingerprint density at radius 3 is 2.47 bits per heavy atom. The fraction of sp³-hybridized carbons (Fsp3) is 0.818. The summed E-state index contributed by atoms with van der Waals surface area (Å²) in [7, 11) is 0. The highest BCUT2D eigenvalue weighted by molar-refractivity contribution is 5.99. The third-order valence-electron chi connectivity index (χ3n) is 2.82. The maximum Gasteiger partial charge on any atom is 0.411 e. The molecule has 1 fully saturated rings. The average molecular weight is 282 g/mol. The molecule has 1 unspecified atom stereocenters. The van der Waals surface area contributed by atoms with Gasteiger partial charge in [-0.05, 0) is 20.8 Å². The molecule has 0 aromatic carbocycles. The average Bonchev–Trinajstić information content (AvgIpc) is 2.24. The SMILES string of the molecule is CC1C(=O)NC(C)(C)C(=O)N1CCOCC(F)(F)F. The van der Waals surface area contributed by atoms with Crippen LogP contribution >= 0.6 is 0 Å². The number of halogens is 3. The van der Waals surface area contributed by atoms with E-state index >= 15 is 0 Å². The standard InChI is InChI=1S/C11H17F3N2O3/c1-7-8(17)15-10(2,3)9(18)16(7)4-5-19-6-11(12,13)14/h7H,4-6H2,1-3H3,(H,15,17). The van der Waals surface area contributed by atoms with Crippen molar-refractivity contribution in [3.8, 4) is 0 Å². The molecule has 0 aliphatic carbocycles. The fourth-order valence-electron chi connectivity index (χ4n) is 1.79. The molecule has 0 saturated carbocycles. The number of hydrogen-bond donors (Lipinski definition) is 1. The molecule has 1 aliphatic rings. The van der Waals surface area contributed by atoms with Crippen LogP contribution in [0, 0.1) is 0 Å². The van der Waals surface area contributed by atoms with Crippen LogP contribution in [0.25, 0.3) is 0 Å². The second-order valence-corrected chi connectivity index (χ2v) is 4.96. The Bertz CT molecular complexity index is 369. The molecular weight excluding hydrogens is 265 g/mol. The van der Waals surface area contributed by atoms with Crippen molar-refractivity contribution in [2.75, 3.05) is 19.8 Å². The molecule has 8 heteroatoms. The highest BCUT2D eigenvalue weighted by Crippen LogP contribution is 2.18. The summed E-state index contributed by atoms with van der Waals surface area (Å²) in [5, 5.41) is 2.55. The first-order chi connectivity index (χ1) is 8.54. The second-order valence-electron chi connectivity index (χ2n) is 4.96. The Kier molecular flexibility index (Phi) is 4.44. The van der Waals surface area contributed by atoms with Crippen LogP contribution in [0.5, 0.6) is 0 Å². The van der Waals surface area contributed by atoms with E-state index in [1.54, 1.807) is 13.8 Å². The number of amides is 2. The van der Waals surface area contributed by atoms with Crippen LogP contribution in [-0.4, -0.2) is 54.2 Å². The van der Waals surface area contributed by atoms with Crippen molar-refractivity contribution in [3.05, 3.63) is 0 Å². The van der Waals surface area contributed by atoms with E-state index in [2.05, 4.69) is 10.1 Å². The lowest BCUT2D eigenvalue weighted by molar-refractivity contribution is -0.176. The minimum Gasteiger partial charge on any atom is -0.370 e. The Hall–Kier alpha value is -1.31. The third-order valence-corrected chi connectivity index (χ3v) is 2.82.